The number of aldehydes is 1. The molecule has 0 N–H and O–H groups in total. The Kier molecular flexibility index (Phi) is 7.40. The van der Waals surface area contributed by atoms with E-state index in [9.17, 15) is 4.79 Å². The summed E-state index contributed by atoms with van der Waals surface area (Å²) in [5.74, 6) is 1.85. The van der Waals surface area contributed by atoms with Gasteiger partial charge in [-0.25, -0.2) is 0 Å². The highest BCUT2D eigenvalue weighted by Gasteiger charge is 2.06. The van der Waals surface area contributed by atoms with E-state index >= 15 is 0 Å². The van der Waals surface area contributed by atoms with Crippen LogP contribution in [0.15, 0.2) is 40.9 Å². The maximum absolute atomic E-state index is 10.8. The van der Waals surface area contributed by atoms with Crippen LogP contribution in [0, 0.1) is 0 Å². The molecule has 0 heterocycles. The number of hydrogen-bond acceptors (Lipinski definition) is 4. The number of rotatable bonds is 9. The van der Waals surface area contributed by atoms with Crippen LogP contribution in [-0.4, -0.2) is 26.6 Å². The smallest absolute Gasteiger partial charge is 0.161 e. The third-order valence-electron chi connectivity index (χ3n) is 3.27. The largest absolute Gasteiger partial charge is 0.493 e. The monoisotopic (exact) mass is 412 g/mol. The van der Waals surface area contributed by atoms with Crippen molar-refractivity contribution in [2.45, 2.75) is 12.8 Å². The minimum absolute atomic E-state index is 0.536. The zero-order valence-electron chi connectivity index (χ0n) is 13.3. The Hall–Kier alpha value is -1.72. The van der Waals surface area contributed by atoms with E-state index in [0.717, 1.165) is 23.6 Å². The van der Waals surface area contributed by atoms with Gasteiger partial charge >= 0.3 is 0 Å². The first-order valence-corrected chi connectivity index (χ1v) is 8.65. The molecule has 0 aliphatic carbocycles. The summed E-state index contributed by atoms with van der Waals surface area (Å²) in [6, 6.07) is 10.6. The van der Waals surface area contributed by atoms with Crippen LogP contribution in [0.2, 0.25) is 5.02 Å². The Morgan fingerprint density at radius 2 is 1.67 bits per heavy atom. The van der Waals surface area contributed by atoms with Crippen LogP contribution < -0.4 is 14.2 Å². The number of methoxy groups -OCH3 is 1. The van der Waals surface area contributed by atoms with Gasteiger partial charge in [0.25, 0.3) is 0 Å². The molecule has 0 spiro atoms. The third-order valence-corrected chi connectivity index (χ3v) is 4.06. The van der Waals surface area contributed by atoms with Crippen LogP contribution in [0.4, 0.5) is 0 Å². The average molecular weight is 414 g/mol. The zero-order chi connectivity index (χ0) is 17.4. The maximum Gasteiger partial charge on any atom is 0.161 e. The lowest BCUT2D eigenvalue weighted by atomic mass is 10.2. The van der Waals surface area contributed by atoms with Gasteiger partial charge in [-0.3, -0.25) is 4.79 Å². The Bertz CT molecular complexity index is 691. The van der Waals surface area contributed by atoms with Crippen molar-refractivity contribution in [2.24, 2.45) is 0 Å². The minimum Gasteiger partial charge on any atom is -0.493 e. The molecule has 0 aliphatic heterocycles. The molecule has 0 atom stereocenters. The molecule has 128 valence electrons. The van der Waals surface area contributed by atoms with Gasteiger partial charge < -0.3 is 14.2 Å². The maximum atomic E-state index is 10.8. The first-order valence-electron chi connectivity index (χ1n) is 7.48. The lowest BCUT2D eigenvalue weighted by Crippen LogP contribution is -2.03. The topological polar surface area (TPSA) is 44.8 Å². The summed E-state index contributed by atoms with van der Waals surface area (Å²) in [5, 5.41) is 0.584. The van der Waals surface area contributed by atoms with E-state index in [2.05, 4.69) is 15.9 Å². The standard InChI is InChI=1S/C18H18BrClO4/c1-22-18-10-13(12-21)4-6-17(18)24-9-3-2-8-23-16-7-5-14(19)11-15(16)20/h4-7,10-12H,2-3,8-9H2,1H3. The zero-order valence-corrected chi connectivity index (χ0v) is 15.6. The van der Waals surface area contributed by atoms with Gasteiger partial charge in [-0.2, -0.15) is 0 Å². The number of unbranched alkanes of at least 4 members (excludes halogenated alkanes) is 1. The van der Waals surface area contributed by atoms with Gasteiger partial charge in [0, 0.05) is 10.0 Å². The van der Waals surface area contributed by atoms with Gasteiger partial charge in [-0.1, -0.05) is 27.5 Å². The fourth-order valence-electron chi connectivity index (χ4n) is 2.04. The fraction of sp³-hybridized carbons (Fsp3) is 0.278. The molecule has 0 bridgehead atoms. The number of carbonyl (C=O) groups is 1. The minimum atomic E-state index is 0.536. The second kappa shape index (κ2) is 9.55. The first kappa shape index (κ1) is 18.6. The summed E-state index contributed by atoms with van der Waals surface area (Å²) in [6.45, 7) is 1.10. The Balaban J connectivity index is 1.72. The summed E-state index contributed by atoms with van der Waals surface area (Å²) in [4.78, 5) is 10.8. The molecule has 0 saturated carbocycles. The number of ether oxygens (including phenoxy) is 3. The van der Waals surface area contributed by atoms with Gasteiger partial charge in [0.05, 0.1) is 25.3 Å². The van der Waals surface area contributed by atoms with Crippen LogP contribution in [0.1, 0.15) is 23.2 Å². The lowest BCUT2D eigenvalue weighted by Gasteiger charge is -2.11. The second-order valence-corrected chi connectivity index (χ2v) is 6.33. The van der Waals surface area contributed by atoms with Gasteiger partial charge in [-0.05, 0) is 49.2 Å². The van der Waals surface area contributed by atoms with Crippen molar-refractivity contribution in [2.75, 3.05) is 20.3 Å². The van der Waals surface area contributed by atoms with Gasteiger partial charge in [-0.15, -0.1) is 0 Å². The average Bonchev–Trinajstić information content (AvgIpc) is 2.59. The Morgan fingerprint density at radius 3 is 2.29 bits per heavy atom. The molecule has 2 aromatic rings. The van der Waals surface area contributed by atoms with E-state index in [4.69, 9.17) is 25.8 Å². The van der Waals surface area contributed by atoms with Crippen LogP contribution in [0.3, 0.4) is 0 Å². The van der Waals surface area contributed by atoms with Crippen molar-refractivity contribution < 1.29 is 19.0 Å². The molecule has 4 nitrogen and oxygen atoms in total. The van der Waals surface area contributed by atoms with E-state index < -0.39 is 0 Å². The summed E-state index contributed by atoms with van der Waals surface area (Å²) in [6.07, 6.45) is 2.44. The van der Waals surface area contributed by atoms with Crippen molar-refractivity contribution in [1.29, 1.82) is 0 Å². The molecular weight excluding hydrogens is 396 g/mol. The van der Waals surface area contributed by atoms with E-state index in [0.29, 0.717) is 41.0 Å². The van der Waals surface area contributed by atoms with Crippen molar-refractivity contribution in [3.05, 3.63) is 51.5 Å². The van der Waals surface area contributed by atoms with E-state index in [1.54, 1.807) is 31.4 Å². The fourth-order valence-corrected chi connectivity index (χ4v) is 2.77. The van der Waals surface area contributed by atoms with Crippen LogP contribution >= 0.6 is 27.5 Å². The molecule has 0 unspecified atom stereocenters. The molecule has 0 saturated heterocycles. The van der Waals surface area contributed by atoms with Crippen LogP contribution in [0.5, 0.6) is 17.2 Å². The SMILES string of the molecule is COc1cc(C=O)ccc1OCCCCOc1ccc(Br)cc1Cl. The normalized spacial score (nSPS) is 10.3. The third kappa shape index (κ3) is 5.42. The van der Waals surface area contributed by atoms with Crippen LogP contribution in [0.25, 0.3) is 0 Å². The summed E-state index contributed by atoms with van der Waals surface area (Å²) in [5.41, 5.74) is 0.555. The van der Waals surface area contributed by atoms with Gasteiger partial charge in [0.15, 0.2) is 11.5 Å². The molecule has 0 radical (unpaired) electrons. The van der Waals surface area contributed by atoms with E-state index in [-0.39, 0.29) is 0 Å². The molecule has 0 fully saturated rings. The molecule has 2 rings (SSSR count). The number of halogens is 2. The molecule has 0 aromatic heterocycles. The van der Waals surface area contributed by atoms with Crippen LogP contribution in [-0.2, 0) is 0 Å². The number of hydrogen-bond donors (Lipinski definition) is 0. The second-order valence-electron chi connectivity index (χ2n) is 5.01. The lowest BCUT2D eigenvalue weighted by molar-refractivity contribution is 0.112. The predicted molar refractivity (Wildman–Crippen MR) is 97.8 cm³/mol. The quantitative estimate of drug-likeness (QED) is 0.421. The van der Waals surface area contributed by atoms with Crippen molar-refractivity contribution in [3.8, 4) is 17.2 Å². The molecule has 24 heavy (non-hydrogen) atoms. The Morgan fingerprint density at radius 1 is 1.00 bits per heavy atom. The van der Waals surface area contributed by atoms with Crippen molar-refractivity contribution in [3.63, 3.8) is 0 Å². The summed E-state index contributed by atoms with van der Waals surface area (Å²) < 4.78 is 17.5. The highest BCUT2D eigenvalue weighted by molar-refractivity contribution is 9.10. The van der Waals surface area contributed by atoms with E-state index in [1.807, 2.05) is 12.1 Å². The summed E-state index contributed by atoms with van der Waals surface area (Å²) in [7, 11) is 1.55. The number of benzene rings is 2. The predicted octanol–water partition coefficient (Wildman–Crippen LogP) is 5.16. The molecular formula is C18H18BrClO4. The summed E-state index contributed by atoms with van der Waals surface area (Å²) >= 11 is 9.44. The van der Waals surface area contributed by atoms with Gasteiger partial charge in [0.1, 0.15) is 12.0 Å². The number of carbonyl (C=O) groups excluding carboxylic acids is 1. The highest BCUT2D eigenvalue weighted by Crippen LogP contribution is 2.29. The first-order chi connectivity index (χ1) is 11.6. The molecule has 0 amide bonds. The molecule has 2 aromatic carbocycles. The van der Waals surface area contributed by atoms with Gasteiger partial charge in [0.2, 0.25) is 0 Å². The Labute approximate surface area is 154 Å². The van der Waals surface area contributed by atoms with Crippen molar-refractivity contribution >= 4 is 33.8 Å². The van der Waals surface area contributed by atoms with E-state index in [1.165, 1.54) is 0 Å². The van der Waals surface area contributed by atoms with Crippen molar-refractivity contribution in [1.82, 2.24) is 0 Å². The highest BCUT2D eigenvalue weighted by atomic mass is 79.9. The molecule has 0 aliphatic rings. The molecule has 6 heteroatoms.